The molecule has 0 aliphatic heterocycles. The van der Waals surface area contributed by atoms with Gasteiger partial charge in [-0.2, -0.15) is 0 Å². The van der Waals surface area contributed by atoms with E-state index < -0.39 is 11.9 Å². The van der Waals surface area contributed by atoms with E-state index >= 15 is 0 Å². The average Bonchev–Trinajstić information content (AvgIpc) is 2.62. The Bertz CT molecular complexity index is 702. The fraction of sp³-hybridized carbons (Fsp3) is 0.158. The van der Waals surface area contributed by atoms with Crippen molar-refractivity contribution in [3.63, 3.8) is 0 Å². The summed E-state index contributed by atoms with van der Waals surface area (Å²) < 4.78 is 15.2. The molecule has 0 unspecified atom stereocenters. The van der Waals surface area contributed by atoms with Crippen molar-refractivity contribution in [2.75, 3.05) is 6.79 Å². The molecule has 0 N–H and O–H groups in total. The van der Waals surface area contributed by atoms with E-state index in [1.807, 2.05) is 12.1 Å². The summed E-state index contributed by atoms with van der Waals surface area (Å²) in [5.74, 6) is -0.0576. The largest absolute Gasteiger partial charge is 0.457 e. The molecule has 0 atom stereocenters. The number of aryl methyl sites for hydroxylation is 1. The van der Waals surface area contributed by atoms with Crippen LogP contribution in [0.5, 0.6) is 11.5 Å². The Morgan fingerprint density at radius 2 is 1.62 bits per heavy atom. The van der Waals surface area contributed by atoms with Gasteiger partial charge in [0.05, 0.1) is 5.56 Å². The van der Waals surface area contributed by atoms with Crippen molar-refractivity contribution in [3.05, 3.63) is 72.3 Å². The van der Waals surface area contributed by atoms with Gasteiger partial charge in [-0.3, -0.25) is 0 Å². The van der Waals surface area contributed by atoms with Crippen LogP contribution >= 0.6 is 0 Å². The Morgan fingerprint density at radius 1 is 1.00 bits per heavy atom. The molecule has 2 aromatic carbocycles. The Labute approximate surface area is 140 Å². The van der Waals surface area contributed by atoms with E-state index in [1.54, 1.807) is 36.4 Å². The Balaban J connectivity index is 1.90. The summed E-state index contributed by atoms with van der Waals surface area (Å²) in [5, 5.41) is 0. The molecular formula is C19H18O5. The van der Waals surface area contributed by atoms with E-state index in [0.29, 0.717) is 17.1 Å². The molecule has 5 heteroatoms. The fourth-order valence-electron chi connectivity index (χ4n) is 1.86. The third-order valence-corrected chi connectivity index (χ3v) is 3.23. The Hall–Kier alpha value is -3.08. The molecule has 0 saturated carbocycles. The lowest BCUT2D eigenvalue weighted by atomic mass is 10.2. The number of esters is 2. The first-order valence-corrected chi connectivity index (χ1v) is 7.45. The second-order valence-electron chi connectivity index (χ2n) is 4.84. The molecule has 0 bridgehead atoms. The number of benzene rings is 2. The van der Waals surface area contributed by atoms with Gasteiger partial charge in [-0.05, 0) is 48.4 Å². The first-order valence-electron chi connectivity index (χ1n) is 7.45. The van der Waals surface area contributed by atoms with Crippen LogP contribution in [0.15, 0.2) is 61.2 Å². The molecule has 124 valence electrons. The van der Waals surface area contributed by atoms with Crippen molar-refractivity contribution in [2.45, 2.75) is 13.3 Å². The smallest absolute Gasteiger partial charge is 0.343 e. The van der Waals surface area contributed by atoms with Crippen LogP contribution in [0.1, 0.15) is 22.8 Å². The summed E-state index contributed by atoms with van der Waals surface area (Å²) in [6.45, 7) is 5.11. The molecule has 0 heterocycles. The summed E-state index contributed by atoms with van der Waals surface area (Å²) in [6, 6.07) is 13.7. The number of ether oxygens (including phenoxy) is 3. The van der Waals surface area contributed by atoms with Crippen molar-refractivity contribution in [1.29, 1.82) is 0 Å². The van der Waals surface area contributed by atoms with Gasteiger partial charge in [0, 0.05) is 6.08 Å². The van der Waals surface area contributed by atoms with Crippen LogP contribution in [0.4, 0.5) is 0 Å². The second-order valence-corrected chi connectivity index (χ2v) is 4.84. The van der Waals surface area contributed by atoms with E-state index in [9.17, 15) is 9.59 Å². The van der Waals surface area contributed by atoms with Crippen LogP contribution in [-0.2, 0) is 16.0 Å². The Kier molecular flexibility index (Phi) is 6.14. The highest BCUT2D eigenvalue weighted by molar-refractivity contribution is 5.91. The van der Waals surface area contributed by atoms with Gasteiger partial charge in [0.15, 0.2) is 0 Å². The Morgan fingerprint density at radius 3 is 2.21 bits per heavy atom. The van der Waals surface area contributed by atoms with E-state index in [0.717, 1.165) is 12.5 Å². The molecule has 0 aliphatic rings. The zero-order valence-electron chi connectivity index (χ0n) is 13.4. The third-order valence-electron chi connectivity index (χ3n) is 3.23. The van der Waals surface area contributed by atoms with E-state index in [2.05, 4.69) is 13.5 Å². The monoisotopic (exact) mass is 326 g/mol. The second kappa shape index (κ2) is 8.53. The molecule has 0 spiro atoms. The van der Waals surface area contributed by atoms with Gasteiger partial charge in [0.25, 0.3) is 0 Å². The predicted octanol–water partition coefficient (Wildman–Crippen LogP) is 3.53. The normalized spacial score (nSPS) is 9.88. The first kappa shape index (κ1) is 17.3. The van der Waals surface area contributed by atoms with Crippen molar-refractivity contribution in [3.8, 4) is 11.5 Å². The van der Waals surface area contributed by atoms with Crippen molar-refractivity contribution in [1.82, 2.24) is 0 Å². The quantitative estimate of drug-likeness (QED) is 0.337. The van der Waals surface area contributed by atoms with E-state index in [-0.39, 0.29) is 6.79 Å². The minimum atomic E-state index is -0.565. The number of hydrogen-bond acceptors (Lipinski definition) is 5. The van der Waals surface area contributed by atoms with Crippen LogP contribution in [0.25, 0.3) is 0 Å². The van der Waals surface area contributed by atoms with Gasteiger partial charge >= 0.3 is 11.9 Å². The minimum absolute atomic E-state index is 0.224. The van der Waals surface area contributed by atoms with Gasteiger partial charge in [0.2, 0.25) is 6.79 Å². The average molecular weight is 326 g/mol. The molecule has 0 saturated heterocycles. The topological polar surface area (TPSA) is 61.8 Å². The zero-order chi connectivity index (χ0) is 17.4. The lowest BCUT2D eigenvalue weighted by Gasteiger charge is -2.07. The van der Waals surface area contributed by atoms with Gasteiger partial charge in [-0.1, -0.05) is 25.6 Å². The highest BCUT2D eigenvalue weighted by atomic mass is 16.7. The first-order chi connectivity index (χ1) is 11.6. The third kappa shape index (κ3) is 4.98. The molecule has 0 radical (unpaired) electrons. The highest BCUT2D eigenvalue weighted by Crippen LogP contribution is 2.17. The molecule has 5 nitrogen and oxygen atoms in total. The van der Waals surface area contributed by atoms with Crippen molar-refractivity contribution in [2.24, 2.45) is 0 Å². The van der Waals surface area contributed by atoms with Crippen LogP contribution < -0.4 is 9.47 Å². The number of rotatable bonds is 7. The van der Waals surface area contributed by atoms with Crippen LogP contribution in [0.2, 0.25) is 0 Å². The van der Waals surface area contributed by atoms with Gasteiger partial charge in [0.1, 0.15) is 11.5 Å². The molecule has 2 aromatic rings. The standard InChI is InChI=1S/C19H18O5/c1-3-14-5-9-17(10-6-14)24-19(21)15-7-11-16(12-8-15)22-13-23-18(20)4-2/h4-12H,2-3,13H2,1H3. The maximum absolute atomic E-state index is 12.1. The molecule has 0 aliphatic carbocycles. The van der Waals surface area contributed by atoms with Crippen molar-refractivity contribution >= 4 is 11.9 Å². The molecule has 0 amide bonds. The molecular weight excluding hydrogens is 308 g/mol. The highest BCUT2D eigenvalue weighted by Gasteiger charge is 2.09. The lowest BCUT2D eigenvalue weighted by molar-refractivity contribution is -0.144. The molecule has 2 rings (SSSR count). The summed E-state index contributed by atoms with van der Waals surface area (Å²) in [6.07, 6.45) is 1.98. The van der Waals surface area contributed by atoms with E-state index in [1.165, 1.54) is 5.56 Å². The van der Waals surface area contributed by atoms with Crippen LogP contribution in [-0.4, -0.2) is 18.7 Å². The summed E-state index contributed by atoms with van der Waals surface area (Å²) in [4.78, 5) is 23.0. The van der Waals surface area contributed by atoms with Crippen LogP contribution in [0, 0.1) is 0 Å². The lowest BCUT2D eigenvalue weighted by Crippen LogP contribution is -2.09. The summed E-state index contributed by atoms with van der Waals surface area (Å²) in [5.41, 5.74) is 1.57. The molecule has 0 fully saturated rings. The van der Waals surface area contributed by atoms with Gasteiger partial charge in [-0.15, -0.1) is 0 Å². The van der Waals surface area contributed by atoms with E-state index in [4.69, 9.17) is 14.2 Å². The van der Waals surface area contributed by atoms with Crippen LogP contribution in [0.3, 0.4) is 0 Å². The summed E-state index contributed by atoms with van der Waals surface area (Å²) >= 11 is 0. The fourth-order valence-corrected chi connectivity index (χ4v) is 1.86. The van der Waals surface area contributed by atoms with Gasteiger partial charge < -0.3 is 14.2 Å². The minimum Gasteiger partial charge on any atom is -0.457 e. The maximum atomic E-state index is 12.1. The number of hydrogen-bond donors (Lipinski definition) is 0. The van der Waals surface area contributed by atoms with Gasteiger partial charge in [-0.25, -0.2) is 9.59 Å². The number of carbonyl (C=O) groups is 2. The zero-order valence-corrected chi connectivity index (χ0v) is 13.4. The molecule has 0 aromatic heterocycles. The number of carbonyl (C=O) groups excluding carboxylic acids is 2. The van der Waals surface area contributed by atoms with Crippen molar-refractivity contribution < 1.29 is 23.8 Å². The predicted molar refractivity (Wildman–Crippen MR) is 89.0 cm³/mol. The summed E-state index contributed by atoms with van der Waals surface area (Å²) in [7, 11) is 0. The molecule has 24 heavy (non-hydrogen) atoms. The maximum Gasteiger partial charge on any atom is 0.343 e. The SMILES string of the molecule is C=CC(=O)OCOc1ccc(C(=O)Oc2ccc(CC)cc2)cc1.